The van der Waals surface area contributed by atoms with Crippen molar-refractivity contribution in [2.75, 3.05) is 17.7 Å². The van der Waals surface area contributed by atoms with Gasteiger partial charge in [0, 0.05) is 28.4 Å². The van der Waals surface area contributed by atoms with Crippen molar-refractivity contribution in [3.63, 3.8) is 0 Å². The molecule has 0 atom stereocenters. The van der Waals surface area contributed by atoms with Crippen LogP contribution >= 0.6 is 11.8 Å². The number of carbonyl (C=O) groups excluding carboxylic acids is 1. The minimum atomic E-state index is -0.486. The van der Waals surface area contributed by atoms with E-state index in [-0.39, 0.29) is 17.3 Å². The van der Waals surface area contributed by atoms with E-state index in [9.17, 15) is 20.2 Å². The van der Waals surface area contributed by atoms with Gasteiger partial charge in [-0.2, -0.15) is 5.26 Å². The van der Waals surface area contributed by atoms with E-state index in [4.69, 9.17) is 9.72 Å². The molecule has 0 aliphatic heterocycles. The van der Waals surface area contributed by atoms with E-state index < -0.39 is 4.92 Å². The number of aryl methyl sites for hydroxylation is 1. The third-order valence-electron chi connectivity index (χ3n) is 5.67. The van der Waals surface area contributed by atoms with E-state index in [2.05, 4.69) is 11.4 Å². The summed E-state index contributed by atoms with van der Waals surface area (Å²) in [5, 5.41) is 24.4. The lowest BCUT2D eigenvalue weighted by Crippen LogP contribution is -2.14. The Morgan fingerprint density at radius 3 is 2.47 bits per heavy atom. The molecule has 1 N–H and O–H groups in total. The lowest BCUT2D eigenvalue weighted by Gasteiger charge is -2.13. The number of ether oxygens (including phenoxy) is 1. The van der Waals surface area contributed by atoms with Gasteiger partial charge in [0.1, 0.15) is 16.8 Å². The fraction of sp³-hybridized carbons (Fsp3) is 0.138. The smallest absolute Gasteiger partial charge is 0.274 e. The maximum Gasteiger partial charge on any atom is 0.274 e. The van der Waals surface area contributed by atoms with Gasteiger partial charge in [-0.25, -0.2) is 4.98 Å². The minimum absolute atomic E-state index is 0.0374. The summed E-state index contributed by atoms with van der Waals surface area (Å²) >= 11 is 1.14. The summed E-state index contributed by atoms with van der Waals surface area (Å²) in [4.78, 5) is 28.2. The van der Waals surface area contributed by atoms with E-state index in [0.29, 0.717) is 39.7 Å². The van der Waals surface area contributed by atoms with Gasteiger partial charge in [-0.3, -0.25) is 14.9 Å². The molecule has 0 aliphatic rings. The third-order valence-corrected chi connectivity index (χ3v) is 6.65. The molecule has 0 fully saturated rings. The number of nitrogens with zero attached hydrogens (tertiary/aromatic N) is 3. The highest BCUT2D eigenvalue weighted by Gasteiger charge is 2.18. The highest BCUT2D eigenvalue weighted by molar-refractivity contribution is 8.00. The molecule has 0 unspecified atom stereocenters. The number of nitrogens with one attached hydrogen (secondary N) is 1. The first-order valence-electron chi connectivity index (χ1n) is 11.8. The predicted molar refractivity (Wildman–Crippen MR) is 148 cm³/mol. The number of thioether (sulfide) groups is 1. The fourth-order valence-corrected chi connectivity index (χ4v) is 4.63. The number of rotatable bonds is 9. The van der Waals surface area contributed by atoms with E-state index >= 15 is 0 Å². The van der Waals surface area contributed by atoms with Crippen LogP contribution in [-0.4, -0.2) is 28.2 Å². The van der Waals surface area contributed by atoms with Crippen LogP contribution < -0.4 is 10.1 Å². The summed E-state index contributed by atoms with van der Waals surface area (Å²) in [6, 6.07) is 25.7. The lowest BCUT2D eigenvalue weighted by atomic mass is 9.99. The molecule has 0 aliphatic carbocycles. The summed E-state index contributed by atoms with van der Waals surface area (Å²) in [6.45, 7) is 4.11. The van der Waals surface area contributed by atoms with E-state index in [1.54, 1.807) is 19.1 Å². The molecule has 1 aromatic heterocycles. The van der Waals surface area contributed by atoms with Crippen LogP contribution in [0.5, 0.6) is 5.75 Å². The number of pyridine rings is 1. The van der Waals surface area contributed by atoms with Crippen LogP contribution in [0, 0.1) is 28.4 Å². The predicted octanol–water partition coefficient (Wildman–Crippen LogP) is 6.63. The molecule has 0 saturated heterocycles. The van der Waals surface area contributed by atoms with Crippen molar-refractivity contribution < 1.29 is 14.5 Å². The molecule has 1 amide bonds. The molecular formula is C29H24N4O4S. The first kappa shape index (κ1) is 26.4. The molecule has 9 heteroatoms. The Morgan fingerprint density at radius 1 is 1.08 bits per heavy atom. The average Bonchev–Trinajstić information content (AvgIpc) is 2.93. The van der Waals surface area contributed by atoms with Crippen LogP contribution in [0.4, 0.5) is 11.4 Å². The molecule has 0 bridgehead atoms. The van der Waals surface area contributed by atoms with Gasteiger partial charge < -0.3 is 10.1 Å². The number of aromatic nitrogens is 1. The first-order chi connectivity index (χ1) is 18.4. The zero-order valence-corrected chi connectivity index (χ0v) is 21.6. The topological polar surface area (TPSA) is 118 Å². The van der Waals surface area contributed by atoms with Gasteiger partial charge >= 0.3 is 0 Å². The summed E-state index contributed by atoms with van der Waals surface area (Å²) in [5.41, 5.74) is 4.20. The van der Waals surface area contributed by atoms with E-state index in [1.807, 2.05) is 67.6 Å². The number of carbonyl (C=O) groups is 1. The molecule has 0 radical (unpaired) electrons. The SMILES string of the molecule is CCOc1ccc(-c2cc(-c3ccccc3)c(C#N)c(SCC(=O)Nc3ccc(C)c([N+](=O)[O-])c3)n2)cc1. The van der Waals surface area contributed by atoms with Crippen molar-refractivity contribution in [2.24, 2.45) is 0 Å². The number of benzene rings is 3. The summed E-state index contributed by atoms with van der Waals surface area (Å²) in [7, 11) is 0. The van der Waals surface area contributed by atoms with Gasteiger partial charge in [-0.15, -0.1) is 0 Å². The van der Waals surface area contributed by atoms with Crippen LogP contribution in [-0.2, 0) is 4.79 Å². The van der Waals surface area contributed by atoms with Gasteiger partial charge in [-0.05, 0) is 55.8 Å². The van der Waals surface area contributed by atoms with Crippen molar-refractivity contribution >= 4 is 29.0 Å². The van der Waals surface area contributed by atoms with Gasteiger partial charge in [0.2, 0.25) is 5.91 Å². The molecule has 0 spiro atoms. The van der Waals surface area contributed by atoms with Crippen LogP contribution in [0.15, 0.2) is 83.9 Å². The number of anilines is 1. The molecule has 8 nitrogen and oxygen atoms in total. The van der Waals surface area contributed by atoms with Crippen molar-refractivity contribution in [2.45, 2.75) is 18.9 Å². The minimum Gasteiger partial charge on any atom is -0.494 e. The standard InChI is InChI=1S/C29H24N4O4S/c1-3-37-23-13-10-21(11-14-23)26-16-24(20-7-5-4-6-8-20)25(17-30)29(32-26)38-18-28(34)31-22-12-9-19(2)27(15-22)33(35)36/h4-16H,3,18H2,1-2H3,(H,31,34). The summed E-state index contributed by atoms with van der Waals surface area (Å²) in [6.07, 6.45) is 0. The van der Waals surface area contributed by atoms with Crippen molar-refractivity contribution in [3.05, 3.63) is 100 Å². The number of amides is 1. The van der Waals surface area contributed by atoms with E-state index in [0.717, 1.165) is 28.6 Å². The maximum absolute atomic E-state index is 12.7. The second-order valence-corrected chi connectivity index (χ2v) is 9.23. The average molecular weight is 525 g/mol. The van der Waals surface area contributed by atoms with E-state index in [1.165, 1.54) is 6.07 Å². The van der Waals surface area contributed by atoms with Crippen LogP contribution in [0.1, 0.15) is 18.1 Å². The maximum atomic E-state index is 12.7. The highest BCUT2D eigenvalue weighted by Crippen LogP contribution is 2.34. The van der Waals surface area contributed by atoms with Gasteiger partial charge in [-0.1, -0.05) is 48.2 Å². The molecule has 3 aromatic carbocycles. The van der Waals surface area contributed by atoms with Gasteiger partial charge in [0.25, 0.3) is 5.69 Å². The fourth-order valence-electron chi connectivity index (χ4n) is 3.83. The van der Waals surface area contributed by atoms with Gasteiger partial charge in [0.15, 0.2) is 0 Å². The molecule has 190 valence electrons. The van der Waals surface area contributed by atoms with Crippen LogP contribution in [0.25, 0.3) is 22.4 Å². The quantitative estimate of drug-likeness (QED) is 0.148. The Kier molecular flexibility index (Phi) is 8.36. The Bertz CT molecular complexity index is 1520. The number of nitro benzene ring substituents is 1. The monoisotopic (exact) mass is 524 g/mol. The summed E-state index contributed by atoms with van der Waals surface area (Å²) < 4.78 is 5.54. The van der Waals surface area contributed by atoms with Crippen LogP contribution in [0.3, 0.4) is 0 Å². The third kappa shape index (κ3) is 6.17. The Labute approximate surface area is 224 Å². The molecule has 38 heavy (non-hydrogen) atoms. The zero-order chi connectivity index (χ0) is 27.1. The number of hydrogen-bond acceptors (Lipinski definition) is 7. The van der Waals surface area contributed by atoms with Crippen molar-refractivity contribution in [1.29, 1.82) is 5.26 Å². The Morgan fingerprint density at radius 2 is 1.82 bits per heavy atom. The van der Waals surface area contributed by atoms with Crippen molar-refractivity contribution in [1.82, 2.24) is 4.98 Å². The second kappa shape index (κ2) is 12.0. The number of hydrogen-bond donors (Lipinski definition) is 1. The molecule has 4 rings (SSSR count). The largest absolute Gasteiger partial charge is 0.494 e. The Hall–Kier alpha value is -4.68. The number of nitro groups is 1. The molecule has 1 heterocycles. The molecule has 0 saturated carbocycles. The lowest BCUT2D eigenvalue weighted by molar-refractivity contribution is -0.385. The Balaban J connectivity index is 1.64. The number of nitriles is 1. The van der Waals surface area contributed by atoms with Crippen molar-refractivity contribution in [3.8, 4) is 34.2 Å². The zero-order valence-electron chi connectivity index (χ0n) is 20.8. The normalized spacial score (nSPS) is 10.4. The summed E-state index contributed by atoms with van der Waals surface area (Å²) in [5.74, 6) is 0.340. The first-order valence-corrected chi connectivity index (χ1v) is 12.8. The molecule has 4 aromatic rings. The molecular weight excluding hydrogens is 500 g/mol. The second-order valence-electron chi connectivity index (χ2n) is 8.27. The van der Waals surface area contributed by atoms with Gasteiger partial charge in [0.05, 0.1) is 28.5 Å². The highest BCUT2D eigenvalue weighted by atomic mass is 32.2. The van der Waals surface area contributed by atoms with Crippen LogP contribution in [0.2, 0.25) is 0 Å².